The molecule has 0 bridgehead atoms. The Labute approximate surface area is 164 Å². The third-order valence-electron chi connectivity index (χ3n) is 4.52. The number of hydrogen-bond acceptors (Lipinski definition) is 6. The lowest BCUT2D eigenvalue weighted by Gasteiger charge is -2.16. The van der Waals surface area contributed by atoms with Gasteiger partial charge in [-0.1, -0.05) is 0 Å². The molecule has 2 heterocycles. The predicted octanol–water partition coefficient (Wildman–Crippen LogP) is 2.14. The molecule has 11 heteroatoms. The summed E-state index contributed by atoms with van der Waals surface area (Å²) >= 11 is 0. The lowest BCUT2D eigenvalue weighted by atomic mass is 10.1. The summed E-state index contributed by atoms with van der Waals surface area (Å²) in [5.74, 6) is -2.06. The van der Waals surface area contributed by atoms with Crippen molar-refractivity contribution in [2.45, 2.75) is 26.3 Å². The summed E-state index contributed by atoms with van der Waals surface area (Å²) in [6, 6.07) is 6.83. The summed E-state index contributed by atoms with van der Waals surface area (Å²) < 4.78 is 15.1. The third kappa shape index (κ3) is 4.21. The number of carbonyl (C=O) groups excluding carboxylic acids is 2. The van der Waals surface area contributed by atoms with Crippen molar-refractivity contribution in [1.82, 2.24) is 9.78 Å². The molecule has 1 saturated heterocycles. The Hall–Kier alpha value is -3.81. The summed E-state index contributed by atoms with van der Waals surface area (Å²) in [5.41, 5.74) is 0.0920. The highest BCUT2D eigenvalue weighted by molar-refractivity contribution is 6.03. The molecule has 1 unspecified atom stereocenters. The van der Waals surface area contributed by atoms with Gasteiger partial charge in [-0.3, -0.25) is 19.7 Å². The second-order valence-corrected chi connectivity index (χ2v) is 6.59. The average molecular weight is 400 g/mol. The van der Waals surface area contributed by atoms with Gasteiger partial charge in [-0.2, -0.15) is 14.8 Å². The molecule has 1 N–H and O–H groups in total. The molecule has 0 radical (unpaired) electrons. The van der Waals surface area contributed by atoms with Crippen molar-refractivity contribution in [1.29, 1.82) is 5.26 Å². The SMILES string of the molecule is Cc1cc(NC(=O)C2CC(=O)N(c3ccc(F)c([N+](=O)[O-])c3)C2)n(CCC#N)n1. The molecule has 1 atom stereocenters. The van der Waals surface area contributed by atoms with Crippen molar-refractivity contribution in [2.24, 2.45) is 5.92 Å². The highest BCUT2D eigenvalue weighted by Crippen LogP contribution is 2.30. The Balaban J connectivity index is 1.74. The van der Waals surface area contributed by atoms with Gasteiger partial charge in [0.15, 0.2) is 0 Å². The smallest absolute Gasteiger partial charge is 0.306 e. The molecule has 1 aliphatic heterocycles. The van der Waals surface area contributed by atoms with E-state index in [1.54, 1.807) is 13.0 Å². The van der Waals surface area contributed by atoms with Crippen LogP contribution in [0, 0.1) is 40.1 Å². The fourth-order valence-corrected chi connectivity index (χ4v) is 3.14. The lowest BCUT2D eigenvalue weighted by molar-refractivity contribution is -0.387. The maximum atomic E-state index is 13.5. The quantitative estimate of drug-likeness (QED) is 0.583. The van der Waals surface area contributed by atoms with Gasteiger partial charge in [-0.15, -0.1) is 0 Å². The minimum absolute atomic E-state index is 0.0127. The van der Waals surface area contributed by atoms with Gasteiger partial charge in [0.2, 0.25) is 17.6 Å². The van der Waals surface area contributed by atoms with E-state index in [1.807, 2.05) is 6.07 Å². The van der Waals surface area contributed by atoms with Crippen LogP contribution in [0.3, 0.4) is 0 Å². The predicted molar refractivity (Wildman–Crippen MR) is 99.3 cm³/mol. The number of nitriles is 1. The number of carbonyl (C=O) groups is 2. The van der Waals surface area contributed by atoms with Crippen molar-refractivity contribution in [3.63, 3.8) is 0 Å². The number of amides is 2. The maximum Gasteiger partial charge on any atom is 0.306 e. The number of hydrogen-bond donors (Lipinski definition) is 1. The fourth-order valence-electron chi connectivity index (χ4n) is 3.14. The molecular formula is C18H17FN6O4. The number of benzene rings is 1. The molecule has 29 heavy (non-hydrogen) atoms. The van der Waals surface area contributed by atoms with E-state index >= 15 is 0 Å². The van der Waals surface area contributed by atoms with Crippen LogP contribution in [0.1, 0.15) is 18.5 Å². The topological polar surface area (TPSA) is 134 Å². The average Bonchev–Trinajstić information content (AvgIpc) is 3.22. The number of aromatic nitrogens is 2. The molecule has 1 fully saturated rings. The molecule has 2 amide bonds. The summed E-state index contributed by atoms with van der Waals surface area (Å²) in [6.45, 7) is 2.08. The number of rotatable bonds is 6. The third-order valence-corrected chi connectivity index (χ3v) is 4.52. The Morgan fingerprint density at radius 3 is 2.93 bits per heavy atom. The monoisotopic (exact) mass is 400 g/mol. The van der Waals surface area contributed by atoms with Crippen LogP contribution in [0.25, 0.3) is 0 Å². The second-order valence-electron chi connectivity index (χ2n) is 6.59. The van der Waals surface area contributed by atoms with Gasteiger partial charge >= 0.3 is 5.69 Å². The minimum Gasteiger partial charge on any atom is -0.311 e. The van der Waals surface area contributed by atoms with Gasteiger partial charge in [0, 0.05) is 25.1 Å². The van der Waals surface area contributed by atoms with Crippen LogP contribution in [-0.4, -0.2) is 33.1 Å². The Morgan fingerprint density at radius 2 is 2.24 bits per heavy atom. The van der Waals surface area contributed by atoms with Gasteiger partial charge in [0.1, 0.15) is 5.82 Å². The summed E-state index contributed by atoms with van der Waals surface area (Å²) in [5, 5.41) is 26.6. The van der Waals surface area contributed by atoms with E-state index in [0.717, 1.165) is 12.1 Å². The van der Waals surface area contributed by atoms with Crippen molar-refractivity contribution in [3.05, 3.63) is 45.9 Å². The number of halogens is 1. The minimum atomic E-state index is -0.999. The van der Waals surface area contributed by atoms with Gasteiger partial charge in [0.05, 0.1) is 41.3 Å². The van der Waals surface area contributed by atoms with E-state index in [2.05, 4.69) is 10.4 Å². The standard InChI is InChI=1S/C18H17FN6O4/c1-11-7-16(24(22-11)6-2-5-20)21-18(27)12-8-17(26)23(10-12)13-3-4-14(19)15(9-13)25(28)29/h3-4,7,9,12H,2,6,8,10H2,1H3,(H,21,27). The second kappa shape index (κ2) is 8.05. The largest absolute Gasteiger partial charge is 0.311 e. The molecule has 1 aliphatic rings. The van der Waals surface area contributed by atoms with Gasteiger partial charge in [-0.05, 0) is 19.1 Å². The van der Waals surface area contributed by atoms with Crippen LogP contribution in [0.2, 0.25) is 0 Å². The van der Waals surface area contributed by atoms with Gasteiger partial charge in [0.25, 0.3) is 0 Å². The molecule has 150 valence electrons. The molecular weight excluding hydrogens is 383 g/mol. The van der Waals surface area contributed by atoms with Crippen molar-refractivity contribution < 1.29 is 18.9 Å². The zero-order chi connectivity index (χ0) is 21.1. The maximum absolute atomic E-state index is 13.5. The lowest BCUT2D eigenvalue weighted by Crippen LogP contribution is -2.28. The Bertz CT molecular complexity index is 1030. The zero-order valence-electron chi connectivity index (χ0n) is 15.5. The summed E-state index contributed by atoms with van der Waals surface area (Å²) in [4.78, 5) is 36.3. The van der Waals surface area contributed by atoms with E-state index in [-0.39, 0.29) is 31.0 Å². The first-order chi connectivity index (χ1) is 13.8. The van der Waals surface area contributed by atoms with Crippen LogP contribution >= 0.6 is 0 Å². The highest BCUT2D eigenvalue weighted by atomic mass is 19.1. The molecule has 2 aromatic rings. The number of anilines is 2. The first-order valence-corrected chi connectivity index (χ1v) is 8.76. The fraction of sp³-hybridized carbons (Fsp3) is 0.333. The number of nitro benzene ring substituents is 1. The molecule has 1 aromatic carbocycles. The van der Waals surface area contributed by atoms with E-state index < -0.39 is 28.3 Å². The molecule has 3 rings (SSSR count). The van der Waals surface area contributed by atoms with Crippen LogP contribution in [0.15, 0.2) is 24.3 Å². The van der Waals surface area contributed by atoms with Crippen LogP contribution in [-0.2, 0) is 16.1 Å². The number of nitrogens with zero attached hydrogens (tertiary/aromatic N) is 5. The number of aryl methyl sites for hydroxylation is 2. The molecule has 0 aliphatic carbocycles. The number of nitrogens with one attached hydrogen (secondary N) is 1. The van der Waals surface area contributed by atoms with Crippen molar-refractivity contribution in [3.8, 4) is 6.07 Å². The normalized spacial score (nSPS) is 16.0. The van der Waals surface area contributed by atoms with Gasteiger partial charge < -0.3 is 10.2 Å². The number of nitro groups is 1. The first-order valence-electron chi connectivity index (χ1n) is 8.76. The van der Waals surface area contributed by atoms with Crippen LogP contribution in [0.4, 0.5) is 21.6 Å². The van der Waals surface area contributed by atoms with Crippen LogP contribution < -0.4 is 10.2 Å². The molecule has 1 aromatic heterocycles. The first kappa shape index (κ1) is 19.9. The van der Waals surface area contributed by atoms with E-state index in [9.17, 15) is 24.1 Å². The van der Waals surface area contributed by atoms with E-state index in [0.29, 0.717) is 18.1 Å². The van der Waals surface area contributed by atoms with Crippen molar-refractivity contribution in [2.75, 3.05) is 16.8 Å². The summed E-state index contributed by atoms with van der Waals surface area (Å²) in [6.07, 6.45) is 0.144. The summed E-state index contributed by atoms with van der Waals surface area (Å²) in [7, 11) is 0. The zero-order valence-corrected chi connectivity index (χ0v) is 15.5. The van der Waals surface area contributed by atoms with E-state index in [1.165, 1.54) is 15.6 Å². The molecule has 10 nitrogen and oxygen atoms in total. The highest BCUT2D eigenvalue weighted by Gasteiger charge is 2.36. The van der Waals surface area contributed by atoms with Gasteiger partial charge in [-0.25, -0.2) is 4.68 Å². The Morgan fingerprint density at radius 1 is 1.48 bits per heavy atom. The van der Waals surface area contributed by atoms with E-state index in [4.69, 9.17) is 5.26 Å². The molecule has 0 spiro atoms. The molecule has 0 saturated carbocycles. The van der Waals surface area contributed by atoms with Crippen molar-refractivity contribution >= 4 is 29.0 Å². The van der Waals surface area contributed by atoms with Crippen LogP contribution in [0.5, 0.6) is 0 Å². The Kier molecular flexibility index (Phi) is 5.54.